The van der Waals surface area contributed by atoms with Crippen molar-refractivity contribution >= 4 is 0 Å². The smallest absolute Gasteiger partial charge is 0.854 e. The molecule has 0 aliphatic heterocycles. The minimum atomic E-state index is 0. The maximum atomic E-state index is 10.4. The summed E-state index contributed by atoms with van der Waals surface area (Å²) >= 11 is 0. The molecule has 0 aromatic heterocycles. The van der Waals surface area contributed by atoms with Crippen LogP contribution in [-0.4, -0.2) is 64.3 Å². The zero-order valence-electron chi connectivity index (χ0n) is 13.4. The Labute approximate surface area is 130 Å². The fourth-order valence-electron chi connectivity index (χ4n) is 1.63. The molecule has 0 aliphatic carbocycles. The van der Waals surface area contributed by atoms with Crippen molar-refractivity contribution in [3.8, 4) is 0 Å². The molecule has 0 spiro atoms. The average Bonchev–Trinajstić information content (AvgIpc) is 2.33. The van der Waals surface area contributed by atoms with Crippen molar-refractivity contribution in [3.63, 3.8) is 0 Å². The van der Waals surface area contributed by atoms with Gasteiger partial charge in [-0.05, 0) is 53.1 Å². The van der Waals surface area contributed by atoms with Gasteiger partial charge < -0.3 is 20.0 Å². The van der Waals surface area contributed by atoms with Crippen LogP contribution in [0.5, 0.6) is 0 Å². The van der Waals surface area contributed by atoms with Gasteiger partial charge in [0.15, 0.2) is 0 Å². The number of rotatable bonds is 8. The van der Waals surface area contributed by atoms with Crippen molar-refractivity contribution < 1.29 is 27.3 Å². The molecule has 0 rings (SSSR count). The third-order valence-electron chi connectivity index (χ3n) is 2.87. The van der Waals surface area contributed by atoms with Gasteiger partial charge in [-0.2, -0.15) is 0 Å². The quantitative estimate of drug-likeness (QED) is 0.584. The molecule has 1 radical (unpaired) electrons. The van der Waals surface area contributed by atoms with Gasteiger partial charge >= 0.3 is 17.1 Å². The van der Waals surface area contributed by atoms with Crippen LogP contribution >= 0.6 is 0 Å². The van der Waals surface area contributed by atoms with Gasteiger partial charge in [-0.1, -0.05) is 26.7 Å². The summed E-state index contributed by atoms with van der Waals surface area (Å²) in [6.45, 7) is 6.11. The summed E-state index contributed by atoms with van der Waals surface area (Å²) in [6, 6.07) is 0. The zero-order chi connectivity index (χ0) is 14.6. The van der Waals surface area contributed by atoms with E-state index in [9.17, 15) is 10.2 Å². The molecule has 19 heavy (non-hydrogen) atoms. The molecule has 5 heteroatoms. The predicted molar refractivity (Wildman–Crippen MR) is 74.4 cm³/mol. The van der Waals surface area contributed by atoms with Crippen molar-refractivity contribution in [1.82, 2.24) is 9.80 Å². The molecule has 0 bridgehead atoms. The van der Waals surface area contributed by atoms with E-state index in [0.717, 1.165) is 25.9 Å². The summed E-state index contributed by atoms with van der Waals surface area (Å²) in [4.78, 5) is 4.12. The Morgan fingerprint density at radius 2 is 1.00 bits per heavy atom. The van der Waals surface area contributed by atoms with Crippen LogP contribution in [0.15, 0.2) is 0 Å². The van der Waals surface area contributed by atoms with Crippen LogP contribution in [0, 0.1) is 11.8 Å². The second-order valence-corrected chi connectivity index (χ2v) is 5.41. The molecule has 0 aromatic rings. The first kappa shape index (κ1) is 24.4. The molecule has 0 saturated heterocycles. The van der Waals surface area contributed by atoms with Crippen LogP contribution in [0.3, 0.4) is 0 Å². The summed E-state index contributed by atoms with van der Waals surface area (Å²) in [5.41, 5.74) is 0. The largest absolute Gasteiger partial charge is 2.00 e. The Hall–Kier alpha value is 0.359. The van der Waals surface area contributed by atoms with Crippen LogP contribution in [0.25, 0.3) is 0 Å². The molecule has 2 unspecified atom stereocenters. The topological polar surface area (TPSA) is 52.6 Å². The van der Waals surface area contributed by atoms with Crippen molar-refractivity contribution in [2.45, 2.75) is 26.7 Å². The van der Waals surface area contributed by atoms with E-state index in [1.165, 1.54) is 0 Å². The summed E-state index contributed by atoms with van der Waals surface area (Å²) in [5.74, 6) is 0.694. The van der Waals surface area contributed by atoms with E-state index in [2.05, 4.69) is 23.6 Å². The van der Waals surface area contributed by atoms with Crippen LogP contribution in [0.1, 0.15) is 26.7 Å². The van der Waals surface area contributed by atoms with Crippen molar-refractivity contribution in [2.24, 2.45) is 11.8 Å². The Kier molecular flexibility index (Phi) is 21.1. The van der Waals surface area contributed by atoms with Crippen molar-refractivity contribution in [1.29, 1.82) is 0 Å². The van der Waals surface area contributed by atoms with Gasteiger partial charge in [-0.25, -0.2) is 0 Å². The van der Waals surface area contributed by atoms with E-state index in [1.54, 1.807) is 0 Å². The monoisotopic (exact) mass is 323 g/mol. The molecule has 2 atom stereocenters. The molecule has 0 fully saturated rings. The summed E-state index contributed by atoms with van der Waals surface area (Å²) in [6.07, 6.45) is 2.00. The normalized spacial score (nSPS) is 13.6. The Morgan fingerprint density at radius 3 is 1.05 bits per heavy atom. The summed E-state index contributed by atoms with van der Waals surface area (Å²) in [5, 5.41) is 20.7. The van der Waals surface area contributed by atoms with E-state index in [0.29, 0.717) is 11.8 Å². The van der Waals surface area contributed by atoms with Gasteiger partial charge in [0.25, 0.3) is 0 Å². The Balaban J connectivity index is -0.000000256. The maximum absolute atomic E-state index is 10.4. The molecule has 121 valence electrons. The summed E-state index contributed by atoms with van der Waals surface area (Å²) < 4.78 is 0. The Morgan fingerprint density at radius 1 is 0.737 bits per heavy atom. The molecular formula is C14H32CuN2O2. The molecule has 0 heterocycles. The van der Waals surface area contributed by atoms with E-state index in [1.807, 2.05) is 28.2 Å². The van der Waals surface area contributed by atoms with Gasteiger partial charge in [-0.15, -0.1) is 13.2 Å². The first-order valence-electron chi connectivity index (χ1n) is 6.86. The standard InChI is InChI=1S/2C7H16NO.Cu/c2*1-4-7(6-9)5-8(2)3;/h2*7H,4-6H2,1-3H3;/q2*-1;+2. The first-order valence-corrected chi connectivity index (χ1v) is 6.86. The van der Waals surface area contributed by atoms with Crippen molar-refractivity contribution in [3.05, 3.63) is 0 Å². The van der Waals surface area contributed by atoms with Crippen LogP contribution in [0.2, 0.25) is 0 Å². The van der Waals surface area contributed by atoms with Gasteiger partial charge in [-0.3, -0.25) is 0 Å². The third-order valence-corrected chi connectivity index (χ3v) is 2.87. The van der Waals surface area contributed by atoms with Crippen LogP contribution < -0.4 is 10.2 Å². The second kappa shape index (κ2) is 16.4. The Bertz CT molecular complexity index is 144. The molecular weight excluding hydrogens is 292 g/mol. The second-order valence-electron chi connectivity index (χ2n) is 5.41. The minimum Gasteiger partial charge on any atom is -0.854 e. The molecule has 0 amide bonds. The van der Waals surface area contributed by atoms with E-state index in [4.69, 9.17) is 0 Å². The predicted octanol–water partition coefficient (Wildman–Crippen LogP) is -0.133. The van der Waals surface area contributed by atoms with Crippen LogP contribution in [-0.2, 0) is 17.1 Å². The third kappa shape index (κ3) is 18.4. The van der Waals surface area contributed by atoms with Gasteiger partial charge in [0, 0.05) is 0 Å². The zero-order valence-corrected chi connectivity index (χ0v) is 14.4. The number of nitrogens with zero attached hydrogens (tertiary/aromatic N) is 2. The molecule has 4 nitrogen and oxygen atoms in total. The summed E-state index contributed by atoms with van der Waals surface area (Å²) in [7, 11) is 7.99. The fourth-order valence-corrected chi connectivity index (χ4v) is 1.63. The van der Waals surface area contributed by atoms with E-state index >= 15 is 0 Å². The van der Waals surface area contributed by atoms with Crippen LogP contribution in [0.4, 0.5) is 0 Å². The van der Waals surface area contributed by atoms with Gasteiger partial charge in [0.1, 0.15) is 0 Å². The average molecular weight is 324 g/mol. The van der Waals surface area contributed by atoms with E-state index < -0.39 is 0 Å². The maximum Gasteiger partial charge on any atom is 2.00 e. The molecule has 0 saturated carbocycles. The number of hydrogen-bond acceptors (Lipinski definition) is 4. The number of hydrogen-bond donors (Lipinski definition) is 0. The fraction of sp³-hybridized carbons (Fsp3) is 1.00. The van der Waals surface area contributed by atoms with E-state index in [-0.39, 0.29) is 30.3 Å². The molecule has 0 aromatic carbocycles. The SMILES string of the molecule is CCC(C[O-])CN(C)C.CCC(C[O-])CN(C)C.[Cu+2]. The van der Waals surface area contributed by atoms with Gasteiger partial charge in [0.2, 0.25) is 0 Å². The van der Waals surface area contributed by atoms with Gasteiger partial charge in [0.05, 0.1) is 0 Å². The first-order chi connectivity index (χ1) is 8.40. The minimum absolute atomic E-state index is 0. The van der Waals surface area contributed by atoms with Crippen molar-refractivity contribution in [2.75, 3.05) is 54.5 Å². The molecule has 0 aliphatic rings. The molecule has 0 N–H and O–H groups in total.